The van der Waals surface area contributed by atoms with E-state index in [1.54, 1.807) is 0 Å². The highest BCUT2D eigenvalue weighted by molar-refractivity contribution is 5.85. The van der Waals surface area contributed by atoms with Gasteiger partial charge in [-0.1, -0.05) is 0 Å². The second-order valence-electron chi connectivity index (χ2n) is 2.72. The zero-order chi connectivity index (χ0) is 12.0. The van der Waals surface area contributed by atoms with Crippen molar-refractivity contribution in [3.8, 4) is 0 Å². The number of rotatable bonds is 5. The number of aliphatic hydroxyl groups is 5. The Morgan fingerprint density at radius 3 is 2.13 bits per heavy atom. The molecule has 4 atom stereocenters. The molecule has 0 aliphatic heterocycles. The quantitative estimate of drug-likeness (QED) is 0.237. The fraction of sp³-hybridized carbons (Fsp3) is 0.714. The number of hydrogen-bond donors (Lipinski definition) is 5. The first-order valence-electron chi connectivity index (χ1n) is 3.90. The van der Waals surface area contributed by atoms with Crippen molar-refractivity contribution in [2.24, 2.45) is 4.99 Å². The van der Waals surface area contributed by atoms with Crippen molar-refractivity contribution in [2.75, 3.05) is 6.61 Å². The lowest BCUT2D eigenvalue weighted by Gasteiger charge is -2.23. The summed E-state index contributed by atoms with van der Waals surface area (Å²) in [5.41, 5.74) is 0. The molecule has 0 aliphatic rings. The summed E-state index contributed by atoms with van der Waals surface area (Å²) in [4.78, 5) is 22.9. The third-order valence-electron chi connectivity index (χ3n) is 1.66. The van der Waals surface area contributed by atoms with Crippen LogP contribution in [0.1, 0.15) is 0 Å². The number of aliphatic hydroxyl groups excluding tert-OH is 5. The summed E-state index contributed by atoms with van der Waals surface area (Å²) < 4.78 is 0. The summed E-state index contributed by atoms with van der Waals surface area (Å²) in [6.45, 7) is -0.865. The largest absolute Gasteiger partial charge is 0.394 e. The first-order chi connectivity index (χ1) is 6.95. The summed E-state index contributed by atoms with van der Waals surface area (Å²) in [5.74, 6) is -1.40. The van der Waals surface area contributed by atoms with Gasteiger partial charge in [0.2, 0.25) is 6.08 Å². The van der Waals surface area contributed by atoms with Crippen LogP contribution in [0.25, 0.3) is 0 Å². The summed E-state index contributed by atoms with van der Waals surface area (Å²) in [6.07, 6.45) is -7.03. The molecular weight excluding hydrogens is 210 g/mol. The summed E-state index contributed by atoms with van der Waals surface area (Å²) in [6, 6.07) is 0. The Morgan fingerprint density at radius 1 is 1.20 bits per heavy atom. The van der Waals surface area contributed by atoms with Crippen molar-refractivity contribution in [3.05, 3.63) is 0 Å². The average molecular weight is 221 g/mol. The highest BCUT2D eigenvalue weighted by atomic mass is 16.4. The Morgan fingerprint density at radius 2 is 1.73 bits per heavy atom. The number of nitrogens with zero attached hydrogens (tertiary/aromatic N) is 1. The number of isocyanates is 1. The van der Waals surface area contributed by atoms with Crippen LogP contribution in [-0.2, 0) is 9.59 Å². The Bertz CT molecular complexity index is 262. The van der Waals surface area contributed by atoms with Gasteiger partial charge < -0.3 is 25.5 Å². The van der Waals surface area contributed by atoms with Crippen LogP contribution in [0.2, 0.25) is 0 Å². The molecule has 0 radical (unpaired) electrons. The molecule has 0 saturated carbocycles. The Kier molecular flexibility index (Phi) is 5.87. The Labute approximate surface area is 84.1 Å². The van der Waals surface area contributed by atoms with E-state index in [0.29, 0.717) is 0 Å². The van der Waals surface area contributed by atoms with Crippen LogP contribution in [0.3, 0.4) is 0 Å². The highest BCUT2D eigenvalue weighted by Crippen LogP contribution is 2.06. The number of aliphatic imine (C=N–C) groups is 1. The summed E-state index contributed by atoms with van der Waals surface area (Å²) in [7, 11) is 0. The van der Waals surface area contributed by atoms with Crippen LogP contribution in [0.15, 0.2) is 4.99 Å². The molecule has 5 N–H and O–H groups in total. The first-order valence-corrected chi connectivity index (χ1v) is 3.90. The normalized spacial score (nSPS) is 18.5. The molecule has 0 aliphatic carbocycles. The zero-order valence-electron chi connectivity index (χ0n) is 7.52. The van der Waals surface area contributed by atoms with Crippen LogP contribution in [0.4, 0.5) is 0 Å². The van der Waals surface area contributed by atoms with E-state index >= 15 is 0 Å². The van der Waals surface area contributed by atoms with Crippen molar-refractivity contribution in [3.63, 3.8) is 0 Å². The molecule has 8 nitrogen and oxygen atoms in total. The van der Waals surface area contributed by atoms with E-state index in [4.69, 9.17) is 25.5 Å². The van der Waals surface area contributed by atoms with Crippen LogP contribution in [-0.4, -0.2) is 68.5 Å². The minimum absolute atomic E-state index is 0.846. The van der Waals surface area contributed by atoms with E-state index in [1.807, 2.05) is 0 Å². The van der Waals surface area contributed by atoms with E-state index in [9.17, 15) is 9.59 Å². The van der Waals surface area contributed by atoms with E-state index in [1.165, 1.54) is 0 Å². The Balaban J connectivity index is 4.49. The molecule has 0 bridgehead atoms. The topological polar surface area (TPSA) is 148 Å². The molecule has 0 heterocycles. The zero-order valence-corrected chi connectivity index (χ0v) is 7.52. The third kappa shape index (κ3) is 3.84. The van der Waals surface area contributed by atoms with Gasteiger partial charge in [-0.15, -0.1) is 4.99 Å². The first kappa shape index (κ1) is 13.8. The van der Waals surface area contributed by atoms with Gasteiger partial charge in [0.15, 0.2) is 6.10 Å². The van der Waals surface area contributed by atoms with Gasteiger partial charge in [-0.25, -0.2) is 4.79 Å². The Hall–Kier alpha value is -1.15. The second kappa shape index (κ2) is 6.36. The SMILES string of the molecule is O=C=NC(=O)[C@H](O)[C@@H](O)[C@H](O)[C@H](O)CO. The van der Waals surface area contributed by atoms with Crippen LogP contribution in [0, 0.1) is 0 Å². The molecule has 8 heteroatoms. The molecule has 0 fully saturated rings. The minimum Gasteiger partial charge on any atom is -0.394 e. The standard InChI is InChI=1S/C7H11NO7/c9-1-3(11)4(12)5(13)6(14)7(15)8-2-10/h3-6,9,11-14H,1H2/t3-,4-,5+,6-/m1/s1. The number of carbonyl (C=O) groups excluding carboxylic acids is 2. The monoisotopic (exact) mass is 221 g/mol. The average Bonchev–Trinajstić information content (AvgIpc) is 2.25. The molecule has 0 aromatic carbocycles. The maximum Gasteiger partial charge on any atom is 0.288 e. The van der Waals surface area contributed by atoms with Crippen LogP contribution in [0.5, 0.6) is 0 Å². The van der Waals surface area contributed by atoms with Gasteiger partial charge >= 0.3 is 0 Å². The lowest BCUT2D eigenvalue weighted by atomic mass is 10.0. The maximum absolute atomic E-state index is 10.7. The van der Waals surface area contributed by atoms with Gasteiger partial charge in [0, 0.05) is 0 Å². The molecule has 0 aromatic rings. The fourth-order valence-corrected chi connectivity index (χ4v) is 0.780. The number of amides is 1. The van der Waals surface area contributed by atoms with Crippen molar-refractivity contribution in [1.82, 2.24) is 0 Å². The molecular formula is C7H11NO7. The predicted molar refractivity (Wildman–Crippen MR) is 44.2 cm³/mol. The molecule has 15 heavy (non-hydrogen) atoms. The van der Waals surface area contributed by atoms with Crippen LogP contribution < -0.4 is 0 Å². The molecule has 0 rings (SSSR count). The van der Waals surface area contributed by atoms with E-state index in [-0.39, 0.29) is 0 Å². The van der Waals surface area contributed by atoms with Gasteiger partial charge in [-0.3, -0.25) is 4.79 Å². The van der Waals surface area contributed by atoms with Crippen molar-refractivity contribution in [2.45, 2.75) is 24.4 Å². The molecule has 1 amide bonds. The van der Waals surface area contributed by atoms with Gasteiger partial charge in [-0.05, 0) is 0 Å². The number of hydrogen-bond acceptors (Lipinski definition) is 7. The van der Waals surface area contributed by atoms with Crippen molar-refractivity contribution >= 4 is 12.0 Å². The third-order valence-corrected chi connectivity index (χ3v) is 1.66. The van der Waals surface area contributed by atoms with Crippen molar-refractivity contribution in [1.29, 1.82) is 0 Å². The highest BCUT2D eigenvalue weighted by Gasteiger charge is 2.34. The lowest BCUT2D eigenvalue weighted by Crippen LogP contribution is -2.48. The van der Waals surface area contributed by atoms with Gasteiger partial charge in [0.25, 0.3) is 5.91 Å². The van der Waals surface area contributed by atoms with Gasteiger partial charge in [0.05, 0.1) is 6.61 Å². The number of carbonyl (C=O) groups is 1. The van der Waals surface area contributed by atoms with Gasteiger partial charge in [0.1, 0.15) is 18.3 Å². The molecule has 0 aromatic heterocycles. The maximum atomic E-state index is 10.7. The molecule has 0 saturated heterocycles. The van der Waals surface area contributed by atoms with Gasteiger partial charge in [-0.2, -0.15) is 0 Å². The smallest absolute Gasteiger partial charge is 0.288 e. The van der Waals surface area contributed by atoms with E-state index < -0.39 is 36.9 Å². The van der Waals surface area contributed by atoms with Crippen molar-refractivity contribution < 1.29 is 35.1 Å². The summed E-state index contributed by atoms with van der Waals surface area (Å²) in [5, 5.41) is 44.4. The lowest BCUT2D eigenvalue weighted by molar-refractivity contribution is -0.145. The minimum atomic E-state index is -2.16. The van der Waals surface area contributed by atoms with E-state index in [0.717, 1.165) is 6.08 Å². The fourth-order valence-electron chi connectivity index (χ4n) is 0.780. The summed E-state index contributed by atoms with van der Waals surface area (Å²) >= 11 is 0. The second-order valence-corrected chi connectivity index (χ2v) is 2.72. The molecule has 86 valence electrons. The predicted octanol–water partition coefficient (Wildman–Crippen LogP) is -3.72. The van der Waals surface area contributed by atoms with Crippen LogP contribution >= 0.6 is 0 Å². The molecule has 0 unspecified atom stereocenters. The van der Waals surface area contributed by atoms with E-state index in [2.05, 4.69) is 4.99 Å². The molecule has 0 spiro atoms.